The van der Waals surface area contributed by atoms with Gasteiger partial charge in [-0.3, -0.25) is 4.79 Å². The maximum atomic E-state index is 13.1. The molecular formula is C17H17N3O4. The Bertz CT molecular complexity index is 885. The summed E-state index contributed by atoms with van der Waals surface area (Å²) in [5.41, 5.74) is 2.06. The largest absolute Gasteiger partial charge is 0.463 e. The number of hydrogen-bond donors (Lipinski definition) is 0. The molecule has 7 nitrogen and oxygen atoms in total. The zero-order valence-electron chi connectivity index (χ0n) is 13.5. The summed E-state index contributed by atoms with van der Waals surface area (Å²) in [6.45, 7) is 5.42. The van der Waals surface area contributed by atoms with E-state index in [1.54, 1.807) is 36.3 Å². The van der Waals surface area contributed by atoms with E-state index in [1.165, 1.54) is 0 Å². The summed E-state index contributed by atoms with van der Waals surface area (Å²) in [6, 6.07) is 5.31. The molecule has 0 N–H and O–H groups in total. The van der Waals surface area contributed by atoms with Crippen LogP contribution in [0.15, 0.2) is 33.4 Å². The third-order valence-corrected chi connectivity index (χ3v) is 4.15. The molecule has 0 saturated carbocycles. The zero-order chi connectivity index (χ0) is 16.7. The fraction of sp³-hybridized carbons (Fsp3) is 0.353. The number of nitrogens with zero attached hydrogens (tertiary/aromatic N) is 3. The molecule has 124 valence electrons. The Kier molecular flexibility index (Phi) is 3.57. The van der Waals surface area contributed by atoms with Crippen LogP contribution < -0.4 is 0 Å². The van der Waals surface area contributed by atoms with Crippen molar-refractivity contribution >= 4 is 17.0 Å². The molecule has 0 spiro atoms. The molecule has 24 heavy (non-hydrogen) atoms. The third kappa shape index (κ3) is 2.46. The van der Waals surface area contributed by atoms with Crippen LogP contribution >= 0.6 is 0 Å². The van der Waals surface area contributed by atoms with Crippen LogP contribution in [-0.2, 0) is 4.74 Å². The lowest BCUT2D eigenvalue weighted by atomic mass is 10.1. The second-order valence-corrected chi connectivity index (χ2v) is 5.91. The first kappa shape index (κ1) is 14.9. The van der Waals surface area contributed by atoms with Crippen LogP contribution in [0.4, 0.5) is 0 Å². The molecule has 1 aliphatic rings. The number of morpholine rings is 1. The fourth-order valence-corrected chi connectivity index (χ4v) is 2.99. The molecule has 0 bridgehead atoms. The van der Waals surface area contributed by atoms with Crippen molar-refractivity contribution in [2.45, 2.75) is 20.0 Å². The van der Waals surface area contributed by atoms with E-state index in [-0.39, 0.29) is 12.0 Å². The number of hydrogen-bond acceptors (Lipinski definition) is 6. The Balaban J connectivity index is 1.83. The quantitative estimate of drug-likeness (QED) is 0.720. The summed E-state index contributed by atoms with van der Waals surface area (Å²) in [5.74, 6) is 0.506. The second-order valence-electron chi connectivity index (χ2n) is 5.91. The number of fused-ring (bicyclic) bond motifs is 1. The average molecular weight is 327 g/mol. The van der Waals surface area contributed by atoms with Gasteiger partial charge in [-0.15, -0.1) is 0 Å². The maximum Gasteiger partial charge on any atom is 0.259 e. The van der Waals surface area contributed by atoms with E-state index in [2.05, 4.69) is 10.1 Å². The number of aromatic nitrogens is 2. The maximum absolute atomic E-state index is 13.1. The van der Waals surface area contributed by atoms with Gasteiger partial charge in [-0.25, -0.2) is 4.98 Å². The molecule has 0 aliphatic carbocycles. The van der Waals surface area contributed by atoms with Crippen LogP contribution in [0.1, 0.15) is 23.0 Å². The molecular weight excluding hydrogens is 310 g/mol. The molecule has 1 fully saturated rings. The van der Waals surface area contributed by atoms with E-state index < -0.39 is 0 Å². The molecule has 3 aromatic heterocycles. The van der Waals surface area contributed by atoms with Crippen LogP contribution in [0, 0.1) is 6.92 Å². The minimum atomic E-state index is -0.0725. The summed E-state index contributed by atoms with van der Waals surface area (Å²) in [4.78, 5) is 19.3. The molecule has 4 heterocycles. The highest BCUT2D eigenvalue weighted by molar-refractivity contribution is 6.06. The van der Waals surface area contributed by atoms with Gasteiger partial charge in [-0.1, -0.05) is 5.16 Å². The van der Waals surface area contributed by atoms with Crippen molar-refractivity contribution in [2.24, 2.45) is 0 Å². The lowest BCUT2D eigenvalue weighted by molar-refractivity contribution is -0.0123. The van der Waals surface area contributed by atoms with Gasteiger partial charge in [0.05, 0.1) is 35.6 Å². The van der Waals surface area contributed by atoms with E-state index in [9.17, 15) is 4.79 Å². The minimum Gasteiger partial charge on any atom is -0.463 e. The standard InChI is InChI=1S/C17H17N3O4/c1-10-9-20(5-7-22-10)17(21)12-8-13(14-4-3-6-23-14)18-16-15(12)11(2)19-24-16/h3-4,6,8,10H,5,7,9H2,1-2H3/t10-/m0/s1. The molecule has 1 aliphatic heterocycles. The number of aryl methyl sites for hydroxylation is 1. The molecule has 0 radical (unpaired) electrons. The Morgan fingerprint density at radius 2 is 2.29 bits per heavy atom. The first-order valence-corrected chi connectivity index (χ1v) is 7.85. The normalized spacial score (nSPS) is 18.2. The van der Waals surface area contributed by atoms with Crippen LogP contribution in [0.2, 0.25) is 0 Å². The zero-order valence-corrected chi connectivity index (χ0v) is 13.5. The monoisotopic (exact) mass is 327 g/mol. The van der Waals surface area contributed by atoms with E-state index >= 15 is 0 Å². The number of carbonyl (C=O) groups excluding carboxylic acids is 1. The molecule has 0 aromatic carbocycles. The molecule has 0 unspecified atom stereocenters. The van der Waals surface area contributed by atoms with Crippen molar-refractivity contribution < 1.29 is 18.5 Å². The van der Waals surface area contributed by atoms with Crippen molar-refractivity contribution in [2.75, 3.05) is 19.7 Å². The van der Waals surface area contributed by atoms with Crippen molar-refractivity contribution in [1.82, 2.24) is 15.0 Å². The summed E-state index contributed by atoms with van der Waals surface area (Å²) in [7, 11) is 0. The number of amides is 1. The number of ether oxygens (including phenoxy) is 1. The Hall–Kier alpha value is -2.67. The van der Waals surface area contributed by atoms with Gasteiger partial charge < -0.3 is 18.6 Å². The molecule has 3 aromatic rings. The van der Waals surface area contributed by atoms with Crippen LogP contribution in [0.25, 0.3) is 22.6 Å². The summed E-state index contributed by atoms with van der Waals surface area (Å²) in [5, 5.41) is 4.61. The van der Waals surface area contributed by atoms with Crippen LogP contribution in [0.5, 0.6) is 0 Å². The molecule has 4 rings (SSSR count). The van der Waals surface area contributed by atoms with Crippen LogP contribution in [-0.4, -0.2) is 46.7 Å². The first-order valence-electron chi connectivity index (χ1n) is 7.85. The number of pyridine rings is 1. The molecule has 1 saturated heterocycles. The highest BCUT2D eigenvalue weighted by Crippen LogP contribution is 2.28. The molecule has 1 atom stereocenters. The molecule has 1 amide bonds. The number of furan rings is 1. The van der Waals surface area contributed by atoms with Crippen molar-refractivity contribution in [3.05, 3.63) is 35.7 Å². The molecule has 7 heteroatoms. The first-order chi connectivity index (χ1) is 11.6. The van der Waals surface area contributed by atoms with Gasteiger partial charge in [0.1, 0.15) is 5.69 Å². The van der Waals surface area contributed by atoms with Crippen molar-refractivity contribution in [1.29, 1.82) is 0 Å². The number of rotatable bonds is 2. The van der Waals surface area contributed by atoms with E-state index in [4.69, 9.17) is 13.7 Å². The topological polar surface area (TPSA) is 81.6 Å². The Morgan fingerprint density at radius 3 is 3.04 bits per heavy atom. The van der Waals surface area contributed by atoms with Crippen molar-refractivity contribution in [3.63, 3.8) is 0 Å². The van der Waals surface area contributed by atoms with E-state index in [1.807, 2.05) is 6.92 Å². The SMILES string of the molecule is Cc1noc2nc(-c3ccco3)cc(C(=O)N3CCO[C@@H](C)C3)c12. The average Bonchev–Trinajstić information content (AvgIpc) is 3.24. The lowest BCUT2D eigenvalue weighted by Crippen LogP contribution is -2.44. The summed E-state index contributed by atoms with van der Waals surface area (Å²) < 4.78 is 16.2. The van der Waals surface area contributed by atoms with Gasteiger partial charge in [0, 0.05) is 13.1 Å². The highest BCUT2D eigenvalue weighted by Gasteiger charge is 2.27. The van der Waals surface area contributed by atoms with E-state index in [0.29, 0.717) is 53.5 Å². The Labute approximate surface area is 138 Å². The van der Waals surface area contributed by atoms with Gasteiger partial charge >= 0.3 is 0 Å². The lowest BCUT2D eigenvalue weighted by Gasteiger charge is -2.31. The predicted octanol–water partition coefficient (Wildman–Crippen LogP) is 2.65. The number of carbonyl (C=O) groups is 1. The smallest absolute Gasteiger partial charge is 0.259 e. The predicted molar refractivity (Wildman–Crippen MR) is 85.6 cm³/mol. The van der Waals surface area contributed by atoms with Gasteiger partial charge in [-0.2, -0.15) is 0 Å². The van der Waals surface area contributed by atoms with Gasteiger partial charge in [0.15, 0.2) is 5.76 Å². The summed E-state index contributed by atoms with van der Waals surface area (Å²) in [6.07, 6.45) is 1.59. The van der Waals surface area contributed by atoms with Crippen molar-refractivity contribution in [3.8, 4) is 11.5 Å². The van der Waals surface area contributed by atoms with Gasteiger partial charge in [0.2, 0.25) is 0 Å². The third-order valence-electron chi connectivity index (χ3n) is 4.15. The highest BCUT2D eigenvalue weighted by atomic mass is 16.5. The van der Waals surface area contributed by atoms with Gasteiger partial charge in [0.25, 0.3) is 11.6 Å². The minimum absolute atomic E-state index is 0.0214. The second kappa shape index (κ2) is 5.76. The van der Waals surface area contributed by atoms with Gasteiger partial charge in [-0.05, 0) is 32.0 Å². The summed E-state index contributed by atoms with van der Waals surface area (Å²) >= 11 is 0. The fourth-order valence-electron chi connectivity index (χ4n) is 2.99. The van der Waals surface area contributed by atoms with Crippen LogP contribution in [0.3, 0.4) is 0 Å². The Morgan fingerprint density at radius 1 is 1.42 bits per heavy atom. The van der Waals surface area contributed by atoms with E-state index in [0.717, 1.165) is 0 Å².